The molecule has 0 saturated carbocycles. The minimum Gasteiger partial charge on any atom is -0.454 e. The van der Waals surface area contributed by atoms with E-state index in [2.05, 4.69) is 0 Å². The zero-order chi connectivity index (χ0) is 19.5. The molecule has 0 N–H and O–H groups in total. The number of ether oxygens (including phenoxy) is 1. The van der Waals surface area contributed by atoms with Gasteiger partial charge in [0.15, 0.2) is 12.4 Å². The first kappa shape index (κ1) is 20.4. The van der Waals surface area contributed by atoms with Crippen LogP contribution in [-0.2, 0) is 14.8 Å². The number of halogens is 2. The second kappa shape index (κ2) is 8.18. The van der Waals surface area contributed by atoms with Gasteiger partial charge in [-0.3, -0.25) is 4.79 Å². The Morgan fingerprint density at radius 2 is 1.54 bits per heavy atom. The van der Waals surface area contributed by atoms with Crippen molar-refractivity contribution in [2.45, 2.75) is 4.90 Å². The van der Waals surface area contributed by atoms with Gasteiger partial charge >= 0.3 is 5.97 Å². The van der Waals surface area contributed by atoms with Gasteiger partial charge in [-0.25, -0.2) is 17.5 Å². The highest BCUT2D eigenvalue weighted by molar-refractivity contribution is 7.89. The highest BCUT2D eigenvalue weighted by Crippen LogP contribution is 2.23. The number of hydrogen-bond acceptors (Lipinski definition) is 5. The van der Waals surface area contributed by atoms with Gasteiger partial charge in [0.1, 0.15) is 0 Å². The first-order valence-electron chi connectivity index (χ1n) is 7.31. The minimum absolute atomic E-state index is 0.0472. The maximum atomic E-state index is 12.0. The van der Waals surface area contributed by atoms with Crippen molar-refractivity contribution in [2.24, 2.45) is 0 Å². The van der Waals surface area contributed by atoms with Gasteiger partial charge in [0.05, 0.1) is 20.5 Å². The van der Waals surface area contributed by atoms with Gasteiger partial charge in [0, 0.05) is 19.7 Å². The summed E-state index contributed by atoms with van der Waals surface area (Å²) >= 11 is 11.6. The monoisotopic (exact) mass is 415 g/mol. The predicted molar refractivity (Wildman–Crippen MR) is 98.4 cm³/mol. The Bertz CT molecular complexity index is 940. The Morgan fingerprint density at radius 1 is 0.962 bits per heavy atom. The summed E-state index contributed by atoms with van der Waals surface area (Å²) in [7, 11) is -0.767. The first-order chi connectivity index (χ1) is 12.1. The summed E-state index contributed by atoms with van der Waals surface area (Å²) in [6, 6.07) is 9.58. The molecule has 0 heterocycles. The average Bonchev–Trinajstić information content (AvgIpc) is 2.61. The van der Waals surface area contributed by atoms with Gasteiger partial charge in [-0.15, -0.1) is 0 Å². The van der Waals surface area contributed by atoms with Gasteiger partial charge in [-0.1, -0.05) is 23.2 Å². The number of carbonyl (C=O) groups is 2. The Labute approximate surface area is 161 Å². The number of carbonyl (C=O) groups excluding carboxylic acids is 2. The minimum atomic E-state index is -3.58. The largest absolute Gasteiger partial charge is 0.454 e. The van der Waals surface area contributed by atoms with Crippen LogP contribution in [0.2, 0.25) is 10.0 Å². The third kappa shape index (κ3) is 4.62. The number of nitrogens with zero attached hydrogens (tertiary/aromatic N) is 1. The molecule has 138 valence electrons. The van der Waals surface area contributed by atoms with Gasteiger partial charge < -0.3 is 4.74 Å². The number of Topliss-reactive ketones (excluding diaryl/α,β-unsaturated/α-hetero) is 1. The zero-order valence-electron chi connectivity index (χ0n) is 13.9. The predicted octanol–water partition coefficient (Wildman–Crippen LogP) is 3.28. The van der Waals surface area contributed by atoms with Crippen LogP contribution in [0.5, 0.6) is 0 Å². The normalized spacial score (nSPS) is 11.4. The van der Waals surface area contributed by atoms with E-state index in [9.17, 15) is 18.0 Å². The topological polar surface area (TPSA) is 80.8 Å². The molecule has 6 nitrogen and oxygen atoms in total. The van der Waals surface area contributed by atoms with Crippen LogP contribution in [0.25, 0.3) is 0 Å². The zero-order valence-corrected chi connectivity index (χ0v) is 16.2. The summed E-state index contributed by atoms with van der Waals surface area (Å²) in [5.74, 6) is -1.18. The van der Waals surface area contributed by atoms with E-state index in [1.165, 1.54) is 56.6 Å². The fourth-order valence-corrected chi connectivity index (χ4v) is 3.14. The van der Waals surface area contributed by atoms with Crippen molar-refractivity contribution in [3.05, 3.63) is 63.6 Å². The molecule has 0 atom stereocenters. The van der Waals surface area contributed by atoms with Crippen LogP contribution in [0.4, 0.5) is 0 Å². The fraction of sp³-hybridized carbons (Fsp3) is 0.176. The standard InChI is InChI=1S/C17H15Cl2NO5S/c1-20(2)26(23,24)13-6-3-11(4-7-13)17(22)25-10-16(21)12-5-8-14(18)15(19)9-12/h3-9H,10H2,1-2H3. The molecule has 2 rings (SSSR count). The van der Waals surface area contributed by atoms with E-state index in [0.29, 0.717) is 5.02 Å². The van der Waals surface area contributed by atoms with Crippen molar-refractivity contribution in [2.75, 3.05) is 20.7 Å². The quantitative estimate of drug-likeness (QED) is 0.533. The molecule has 9 heteroatoms. The lowest BCUT2D eigenvalue weighted by Crippen LogP contribution is -2.22. The van der Waals surface area contributed by atoms with Crippen molar-refractivity contribution >= 4 is 45.0 Å². The van der Waals surface area contributed by atoms with Crippen LogP contribution in [0.15, 0.2) is 47.4 Å². The molecular formula is C17H15Cl2NO5S. The van der Waals surface area contributed by atoms with Crippen molar-refractivity contribution in [3.8, 4) is 0 Å². The maximum absolute atomic E-state index is 12.0. The van der Waals surface area contributed by atoms with Crippen LogP contribution < -0.4 is 0 Å². The first-order valence-corrected chi connectivity index (χ1v) is 9.50. The summed E-state index contributed by atoms with van der Waals surface area (Å²) in [5, 5.41) is 0.537. The molecule has 0 spiro atoms. The van der Waals surface area contributed by atoms with Crippen molar-refractivity contribution in [3.63, 3.8) is 0 Å². The molecule has 0 aliphatic heterocycles. The number of sulfonamides is 1. The Balaban J connectivity index is 2.04. The second-order valence-electron chi connectivity index (χ2n) is 5.44. The molecule has 26 heavy (non-hydrogen) atoms. The Hall–Kier alpha value is -1.93. The van der Waals surface area contributed by atoms with E-state index < -0.39 is 28.4 Å². The fourth-order valence-electron chi connectivity index (χ4n) is 1.94. The molecule has 0 aliphatic carbocycles. The van der Waals surface area contributed by atoms with E-state index in [1.54, 1.807) is 0 Å². The van der Waals surface area contributed by atoms with Crippen LogP contribution in [0.1, 0.15) is 20.7 Å². The lowest BCUT2D eigenvalue weighted by atomic mass is 10.1. The molecule has 2 aromatic rings. The lowest BCUT2D eigenvalue weighted by Gasteiger charge is -2.11. The summed E-state index contributed by atoms with van der Waals surface area (Å²) in [4.78, 5) is 24.1. The van der Waals surface area contributed by atoms with E-state index in [0.717, 1.165) is 4.31 Å². The Morgan fingerprint density at radius 3 is 2.08 bits per heavy atom. The molecule has 0 radical (unpaired) electrons. The van der Waals surface area contributed by atoms with Gasteiger partial charge in [-0.05, 0) is 42.5 Å². The van der Waals surface area contributed by atoms with Crippen molar-refractivity contribution in [1.82, 2.24) is 4.31 Å². The van der Waals surface area contributed by atoms with Gasteiger partial charge in [-0.2, -0.15) is 0 Å². The van der Waals surface area contributed by atoms with E-state index >= 15 is 0 Å². The maximum Gasteiger partial charge on any atom is 0.338 e. The molecule has 0 unspecified atom stereocenters. The molecular weight excluding hydrogens is 401 g/mol. The van der Waals surface area contributed by atoms with Crippen LogP contribution >= 0.6 is 23.2 Å². The summed E-state index contributed by atoms with van der Waals surface area (Å²) in [6.45, 7) is -0.478. The lowest BCUT2D eigenvalue weighted by molar-refractivity contribution is 0.0474. The smallest absolute Gasteiger partial charge is 0.338 e. The number of benzene rings is 2. The van der Waals surface area contributed by atoms with Gasteiger partial charge in [0.2, 0.25) is 10.0 Å². The molecule has 0 fully saturated rings. The third-order valence-electron chi connectivity index (χ3n) is 3.44. The number of esters is 1. The Kier molecular flexibility index (Phi) is 6.41. The van der Waals surface area contributed by atoms with Crippen LogP contribution in [-0.4, -0.2) is 45.2 Å². The summed E-state index contributed by atoms with van der Waals surface area (Å²) in [5.41, 5.74) is 0.393. The highest BCUT2D eigenvalue weighted by atomic mass is 35.5. The highest BCUT2D eigenvalue weighted by Gasteiger charge is 2.18. The van der Waals surface area contributed by atoms with E-state index in [1.807, 2.05) is 0 Å². The second-order valence-corrected chi connectivity index (χ2v) is 8.41. The van der Waals surface area contributed by atoms with E-state index in [-0.39, 0.29) is 21.0 Å². The van der Waals surface area contributed by atoms with Crippen molar-refractivity contribution in [1.29, 1.82) is 0 Å². The third-order valence-corrected chi connectivity index (χ3v) is 6.01. The van der Waals surface area contributed by atoms with Crippen molar-refractivity contribution < 1.29 is 22.7 Å². The summed E-state index contributed by atoms with van der Waals surface area (Å²) in [6.07, 6.45) is 0. The molecule has 2 aromatic carbocycles. The SMILES string of the molecule is CN(C)S(=O)(=O)c1ccc(C(=O)OCC(=O)c2ccc(Cl)c(Cl)c2)cc1. The number of hydrogen-bond donors (Lipinski definition) is 0. The number of ketones is 1. The molecule has 0 aromatic heterocycles. The summed E-state index contributed by atoms with van der Waals surface area (Å²) < 4.78 is 30.0. The molecule has 0 bridgehead atoms. The molecule has 0 saturated heterocycles. The van der Waals surface area contributed by atoms with Gasteiger partial charge in [0.25, 0.3) is 0 Å². The van der Waals surface area contributed by atoms with Crippen LogP contribution in [0.3, 0.4) is 0 Å². The average molecular weight is 416 g/mol. The molecule has 0 aliphatic rings. The van der Waals surface area contributed by atoms with E-state index in [4.69, 9.17) is 27.9 Å². The number of rotatable bonds is 6. The van der Waals surface area contributed by atoms with Crippen LogP contribution in [0, 0.1) is 0 Å². The molecule has 0 amide bonds.